The van der Waals surface area contributed by atoms with E-state index >= 15 is 0 Å². The predicted octanol–water partition coefficient (Wildman–Crippen LogP) is -5.33. The van der Waals surface area contributed by atoms with Crippen molar-refractivity contribution in [3.05, 3.63) is 33.1 Å². The number of ether oxygens (including phenoxy) is 2. The first-order valence-electron chi connectivity index (χ1n) is 8.58. The summed E-state index contributed by atoms with van der Waals surface area (Å²) in [5, 5.41) is 60.3. The number of H-pyrrole nitrogens is 1. The Morgan fingerprint density at radius 2 is 1.75 bits per heavy atom. The minimum Gasteiger partial charge on any atom is -0.390 e. The maximum absolute atomic E-state index is 11.9. The minimum atomic E-state index is -1.61. The molecule has 2 fully saturated rings. The first kappa shape index (κ1) is 21.0. The van der Waals surface area contributed by atoms with Gasteiger partial charge in [0.05, 0.1) is 18.2 Å². The van der Waals surface area contributed by atoms with Crippen LogP contribution in [0.15, 0.2) is 21.9 Å². The molecule has 10 atom stereocenters. The molecule has 13 nitrogen and oxygen atoms in total. The van der Waals surface area contributed by atoms with Gasteiger partial charge in [0.25, 0.3) is 5.56 Å². The molecular formula is C15H23N3O10. The molecule has 13 heteroatoms. The van der Waals surface area contributed by atoms with E-state index < -0.39 is 72.5 Å². The predicted molar refractivity (Wildman–Crippen MR) is 88.7 cm³/mol. The fourth-order valence-corrected chi connectivity index (χ4v) is 3.39. The van der Waals surface area contributed by atoms with Gasteiger partial charge in [-0.2, -0.15) is 0 Å². The zero-order chi connectivity index (χ0) is 20.7. The van der Waals surface area contributed by atoms with Crippen LogP contribution in [0.1, 0.15) is 12.6 Å². The molecule has 0 bridgehead atoms. The molecular weight excluding hydrogens is 382 g/mol. The lowest BCUT2D eigenvalue weighted by molar-refractivity contribution is -0.250. The number of aromatic nitrogens is 2. The standard InChI is InChI=1S/C15H23N3O10/c16-7-9(22)8(21)5(27-14(7)25)3-4(19)12-10(23)11(24)13(28-12)18-2-1-6(20)17-15(18)26/h1-2,4-5,7-14,19,21-25H,3,16H2,(H,17,20,26)/t4?,5-,7-,8+,9-,10+,11-,12-,13-,14-/m1/s1. The molecule has 0 aromatic carbocycles. The lowest BCUT2D eigenvalue weighted by Crippen LogP contribution is -2.61. The van der Waals surface area contributed by atoms with Crippen LogP contribution in [-0.2, 0) is 9.47 Å². The molecule has 1 aromatic rings. The highest BCUT2D eigenvalue weighted by Crippen LogP contribution is 2.32. The van der Waals surface area contributed by atoms with Crippen molar-refractivity contribution in [1.29, 1.82) is 0 Å². The van der Waals surface area contributed by atoms with Crippen LogP contribution < -0.4 is 17.0 Å². The third-order valence-corrected chi connectivity index (χ3v) is 5.02. The molecule has 0 amide bonds. The van der Waals surface area contributed by atoms with Crippen molar-refractivity contribution in [2.75, 3.05) is 0 Å². The monoisotopic (exact) mass is 405 g/mol. The van der Waals surface area contributed by atoms with E-state index in [0.29, 0.717) is 0 Å². The highest BCUT2D eigenvalue weighted by Gasteiger charge is 2.49. The molecule has 3 rings (SSSR count). The van der Waals surface area contributed by atoms with Crippen LogP contribution in [0.5, 0.6) is 0 Å². The van der Waals surface area contributed by atoms with E-state index in [-0.39, 0.29) is 6.42 Å². The minimum absolute atomic E-state index is 0.385. The van der Waals surface area contributed by atoms with Gasteiger partial charge in [0.2, 0.25) is 0 Å². The fourth-order valence-electron chi connectivity index (χ4n) is 3.39. The van der Waals surface area contributed by atoms with E-state index in [1.165, 1.54) is 0 Å². The Kier molecular flexibility index (Phi) is 6.00. The summed E-state index contributed by atoms with van der Waals surface area (Å²) in [6.07, 6.45) is -12.7. The topological polar surface area (TPSA) is 221 Å². The largest absolute Gasteiger partial charge is 0.390 e. The summed E-state index contributed by atoms with van der Waals surface area (Å²) in [5.41, 5.74) is 3.93. The van der Waals surface area contributed by atoms with Crippen LogP contribution >= 0.6 is 0 Å². The van der Waals surface area contributed by atoms with E-state index in [1.807, 2.05) is 4.98 Å². The SMILES string of the molecule is N[C@@H]1[C@@H](O)[C@@H](O)[C@@H](CC(O)[C@H]2O[C@@H](n3ccc(=O)[nH]c3=O)[C@H](O)[C@@H]2O)O[C@H]1O. The van der Waals surface area contributed by atoms with Crippen molar-refractivity contribution < 1.29 is 40.1 Å². The first-order valence-corrected chi connectivity index (χ1v) is 8.58. The zero-order valence-corrected chi connectivity index (χ0v) is 14.5. The molecule has 2 saturated heterocycles. The molecule has 2 aliphatic rings. The van der Waals surface area contributed by atoms with Crippen LogP contribution in [-0.4, -0.2) is 95.2 Å². The van der Waals surface area contributed by atoms with Crippen molar-refractivity contribution in [2.24, 2.45) is 5.73 Å². The quantitative estimate of drug-likeness (QED) is 0.236. The van der Waals surface area contributed by atoms with Gasteiger partial charge in [-0.3, -0.25) is 14.3 Å². The average molecular weight is 405 g/mol. The molecule has 158 valence electrons. The van der Waals surface area contributed by atoms with Crippen molar-refractivity contribution in [3.63, 3.8) is 0 Å². The number of hydrogen-bond acceptors (Lipinski definition) is 11. The van der Waals surface area contributed by atoms with Crippen molar-refractivity contribution in [2.45, 2.75) is 67.7 Å². The van der Waals surface area contributed by atoms with E-state index in [2.05, 4.69) is 0 Å². The second kappa shape index (κ2) is 7.98. The maximum Gasteiger partial charge on any atom is 0.330 e. The molecule has 28 heavy (non-hydrogen) atoms. The summed E-state index contributed by atoms with van der Waals surface area (Å²) >= 11 is 0. The molecule has 0 saturated carbocycles. The number of hydrogen-bond donors (Lipinski definition) is 8. The van der Waals surface area contributed by atoms with Gasteiger partial charge in [-0.1, -0.05) is 0 Å². The first-order chi connectivity index (χ1) is 13.1. The summed E-state index contributed by atoms with van der Waals surface area (Å²) in [6.45, 7) is 0. The summed E-state index contributed by atoms with van der Waals surface area (Å²) in [6, 6.07) is -0.221. The van der Waals surface area contributed by atoms with Crippen molar-refractivity contribution in [3.8, 4) is 0 Å². The number of nitrogens with one attached hydrogen (secondary N) is 1. The van der Waals surface area contributed by atoms with Gasteiger partial charge >= 0.3 is 5.69 Å². The Hall–Kier alpha value is -1.68. The Morgan fingerprint density at radius 1 is 1.07 bits per heavy atom. The molecule has 3 heterocycles. The number of aromatic amines is 1. The van der Waals surface area contributed by atoms with Gasteiger partial charge in [-0.05, 0) is 0 Å². The van der Waals surface area contributed by atoms with Crippen molar-refractivity contribution >= 4 is 0 Å². The zero-order valence-electron chi connectivity index (χ0n) is 14.5. The third kappa shape index (κ3) is 3.76. The van der Waals surface area contributed by atoms with Crippen LogP contribution in [0.25, 0.3) is 0 Å². The van der Waals surface area contributed by atoms with E-state index in [4.69, 9.17) is 15.2 Å². The van der Waals surface area contributed by atoms with Gasteiger partial charge in [0.1, 0.15) is 30.5 Å². The van der Waals surface area contributed by atoms with E-state index in [9.17, 15) is 40.2 Å². The molecule has 1 aromatic heterocycles. The van der Waals surface area contributed by atoms with E-state index in [0.717, 1.165) is 16.8 Å². The molecule has 0 radical (unpaired) electrons. The lowest BCUT2D eigenvalue weighted by Gasteiger charge is -2.40. The fraction of sp³-hybridized carbons (Fsp3) is 0.733. The number of aliphatic hydroxyl groups excluding tert-OH is 6. The van der Waals surface area contributed by atoms with Gasteiger partial charge in [0, 0.05) is 18.7 Å². The van der Waals surface area contributed by atoms with Crippen LogP contribution in [0.2, 0.25) is 0 Å². The Bertz CT molecular complexity index is 799. The maximum atomic E-state index is 11.9. The Balaban J connectivity index is 1.73. The number of aliphatic hydroxyl groups is 6. The molecule has 0 aliphatic carbocycles. The number of nitrogens with zero attached hydrogens (tertiary/aromatic N) is 1. The number of rotatable bonds is 4. The van der Waals surface area contributed by atoms with Crippen LogP contribution in [0.3, 0.4) is 0 Å². The van der Waals surface area contributed by atoms with Gasteiger partial charge in [0.15, 0.2) is 12.5 Å². The highest BCUT2D eigenvalue weighted by atomic mass is 16.6. The smallest absolute Gasteiger partial charge is 0.330 e. The summed E-state index contributed by atoms with van der Waals surface area (Å²) in [5.74, 6) is 0. The van der Waals surface area contributed by atoms with Crippen molar-refractivity contribution in [1.82, 2.24) is 9.55 Å². The van der Waals surface area contributed by atoms with Crippen LogP contribution in [0.4, 0.5) is 0 Å². The molecule has 1 unspecified atom stereocenters. The average Bonchev–Trinajstić information content (AvgIpc) is 2.93. The van der Waals surface area contributed by atoms with Gasteiger partial charge < -0.3 is 45.8 Å². The molecule has 2 aliphatic heterocycles. The second-order valence-electron chi connectivity index (χ2n) is 6.92. The summed E-state index contributed by atoms with van der Waals surface area (Å²) in [4.78, 5) is 25.0. The van der Waals surface area contributed by atoms with Gasteiger partial charge in [-0.25, -0.2) is 4.79 Å². The second-order valence-corrected chi connectivity index (χ2v) is 6.92. The normalized spacial score (nSPS) is 42.5. The number of nitrogens with two attached hydrogens (primary N) is 1. The van der Waals surface area contributed by atoms with E-state index in [1.54, 1.807) is 0 Å². The highest BCUT2D eigenvalue weighted by molar-refractivity contribution is 4.98. The summed E-state index contributed by atoms with van der Waals surface area (Å²) in [7, 11) is 0. The van der Waals surface area contributed by atoms with Gasteiger partial charge in [-0.15, -0.1) is 0 Å². The Morgan fingerprint density at radius 3 is 2.39 bits per heavy atom. The molecule has 9 N–H and O–H groups in total. The van der Waals surface area contributed by atoms with Crippen LogP contribution in [0, 0.1) is 0 Å². The Labute approximate surface area is 157 Å². The summed E-state index contributed by atoms with van der Waals surface area (Å²) < 4.78 is 11.3. The molecule has 0 spiro atoms. The lowest BCUT2D eigenvalue weighted by atomic mass is 9.92. The third-order valence-electron chi connectivity index (χ3n) is 5.02.